The molecule has 2 N–H and O–H groups in total. The highest BCUT2D eigenvalue weighted by molar-refractivity contribution is 6.30. The third-order valence-corrected chi connectivity index (χ3v) is 4.88. The number of nitrogens with two attached hydrogens (primary N) is 1. The van der Waals surface area contributed by atoms with Crippen molar-refractivity contribution in [3.8, 4) is 0 Å². The topological polar surface area (TPSA) is 29.3 Å². The van der Waals surface area contributed by atoms with E-state index in [1.165, 1.54) is 31.5 Å². The SMILES string of the molecule is CC(C)C1CCN(CCC(N)c2ccc(Cl)cc2)CC1. The van der Waals surface area contributed by atoms with Crippen molar-refractivity contribution in [1.29, 1.82) is 0 Å². The van der Waals surface area contributed by atoms with Gasteiger partial charge in [0.15, 0.2) is 0 Å². The molecule has 0 aliphatic carbocycles. The lowest BCUT2D eigenvalue weighted by atomic mass is 9.86. The maximum Gasteiger partial charge on any atom is 0.0406 e. The Labute approximate surface area is 128 Å². The number of halogens is 1. The predicted octanol–water partition coefficient (Wildman–Crippen LogP) is 4.10. The van der Waals surface area contributed by atoms with Crippen LogP contribution in [-0.2, 0) is 0 Å². The highest BCUT2D eigenvalue weighted by Gasteiger charge is 2.21. The summed E-state index contributed by atoms with van der Waals surface area (Å²) in [6, 6.07) is 8.04. The van der Waals surface area contributed by atoms with E-state index in [9.17, 15) is 0 Å². The molecule has 1 aromatic carbocycles. The van der Waals surface area contributed by atoms with Gasteiger partial charge in [-0.15, -0.1) is 0 Å². The van der Waals surface area contributed by atoms with Crippen molar-refractivity contribution < 1.29 is 0 Å². The largest absolute Gasteiger partial charge is 0.324 e. The molecule has 1 aliphatic rings. The van der Waals surface area contributed by atoms with E-state index in [2.05, 4.69) is 18.7 Å². The average molecular weight is 295 g/mol. The number of nitrogens with zero attached hydrogens (tertiary/aromatic N) is 1. The standard InChI is InChI=1S/C17H27ClN2/c1-13(2)14-7-10-20(11-8-14)12-9-17(19)15-3-5-16(18)6-4-15/h3-6,13-14,17H,7-12,19H2,1-2H3. The maximum absolute atomic E-state index is 6.27. The van der Waals surface area contributed by atoms with Gasteiger partial charge in [-0.3, -0.25) is 0 Å². The first kappa shape index (κ1) is 15.8. The van der Waals surface area contributed by atoms with Crippen LogP contribution in [0.2, 0.25) is 5.02 Å². The second-order valence-electron chi connectivity index (χ2n) is 6.37. The van der Waals surface area contributed by atoms with E-state index in [-0.39, 0.29) is 6.04 Å². The molecule has 0 radical (unpaired) electrons. The number of hydrogen-bond donors (Lipinski definition) is 1. The summed E-state index contributed by atoms with van der Waals surface area (Å²) in [5.41, 5.74) is 7.45. The van der Waals surface area contributed by atoms with Crippen molar-refractivity contribution in [2.45, 2.75) is 39.2 Å². The van der Waals surface area contributed by atoms with Gasteiger partial charge in [0, 0.05) is 11.1 Å². The third kappa shape index (κ3) is 4.47. The molecule has 2 rings (SSSR count). The van der Waals surface area contributed by atoms with E-state index < -0.39 is 0 Å². The highest BCUT2D eigenvalue weighted by atomic mass is 35.5. The van der Waals surface area contributed by atoms with Crippen LogP contribution in [-0.4, -0.2) is 24.5 Å². The monoisotopic (exact) mass is 294 g/mol. The molecule has 0 aromatic heterocycles. The third-order valence-electron chi connectivity index (χ3n) is 4.63. The van der Waals surface area contributed by atoms with Gasteiger partial charge in [0.2, 0.25) is 0 Å². The van der Waals surface area contributed by atoms with Gasteiger partial charge in [-0.2, -0.15) is 0 Å². The fourth-order valence-corrected chi connectivity index (χ4v) is 3.17. The first-order chi connectivity index (χ1) is 9.56. The molecule has 1 unspecified atom stereocenters. The van der Waals surface area contributed by atoms with Crippen molar-refractivity contribution in [1.82, 2.24) is 4.90 Å². The van der Waals surface area contributed by atoms with Crippen LogP contribution >= 0.6 is 11.6 Å². The van der Waals surface area contributed by atoms with Gasteiger partial charge < -0.3 is 10.6 Å². The van der Waals surface area contributed by atoms with Crippen LogP contribution in [0.5, 0.6) is 0 Å². The molecular formula is C17H27ClN2. The van der Waals surface area contributed by atoms with E-state index >= 15 is 0 Å². The summed E-state index contributed by atoms with van der Waals surface area (Å²) in [7, 11) is 0. The zero-order valence-electron chi connectivity index (χ0n) is 12.7. The van der Waals surface area contributed by atoms with Crippen molar-refractivity contribution in [2.75, 3.05) is 19.6 Å². The number of piperidine rings is 1. The van der Waals surface area contributed by atoms with E-state index in [4.69, 9.17) is 17.3 Å². The van der Waals surface area contributed by atoms with Gasteiger partial charge >= 0.3 is 0 Å². The minimum Gasteiger partial charge on any atom is -0.324 e. The molecule has 1 atom stereocenters. The summed E-state index contributed by atoms with van der Waals surface area (Å²) in [5, 5.41) is 0.775. The maximum atomic E-state index is 6.27. The molecule has 1 fully saturated rings. The molecule has 20 heavy (non-hydrogen) atoms. The Morgan fingerprint density at radius 1 is 1.20 bits per heavy atom. The first-order valence-electron chi connectivity index (χ1n) is 7.79. The zero-order chi connectivity index (χ0) is 14.5. The Bertz CT molecular complexity index is 394. The average Bonchev–Trinajstić information content (AvgIpc) is 2.46. The van der Waals surface area contributed by atoms with Gasteiger partial charge in [-0.25, -0.2) is 0 Å². The molecule has 2 nitrogen and oxygen atoms in total. The molecule has 1 aliphatic heterocycles. The van der Waals surface area contributed by atoms with Gasteiger partial charge in [-0.05, 0) is 68.4 Å². The summed E-state index contributed by atoms with van der Waals surface area (Å²) in [6.07, 6.45) is 3.70. The normalized spacial score (nSPS) is 19.4. The van der Waals surface area contributed by atoms with Crippen LogP contribution < -0.4 is 5.73 Å². The molecule has 0 spiro atoms. The van der Waals surface area contributed by atoms with Gasteiger partial charge in [0.05, 0.1) is 0 Å². The van der Waals surface area contributed by atoms with Crippen molar-refractivity contribution in [2.24, 2.45) is 17.6 Å². The smallest absolute Gasteiger partial charge is 0.0406 e. The quantitative estimate of drug-likeness (QED) is 0.886. The Morgan fingerprint density at radius 2 is 1.80 bits per heavy atom. The Hall–Kier alpha value is -0.570. The van der Waals surface area contributed by atoms with Gasteiger partial charge in [0.1, 0.15) is 0 Å². The van der Waals surface area contributed by atoms with Crippen LogP contribution in [0.4, 0.5) is 0 Å². The molecule has 112 valence electrons. The lowest BCUT2D eigenvalue weighted by Crippen LogP contribution is -2.36. The highest BCUT2D eigenvalue weighted by Crippen LogP contribution is 2.25. The van der Waals surface area contributed by atoms with Crippen LogP contribution in [0.25, 0.3) is 0 Å². The van der Waals surface area contributed by atoms with Crippen LogP contribution in [0.15, 0.2) is 24.3 Å². The molecule has 1 aromatic rings. The summed E-state index contributed by atoms with van der Waals surface area (Å²) in [6.45, 7) is 8.26. The van der Waals surface area contributed by atoms with Crippen molar-refractivity contribution >= 4 is 11.6 Å². The number of rotatable bonds is 5. The van der Waals surface area contributed by atoms with Crippen molar-refractivity contribution in [3.05, 3.63) is 34.9 Å². The van der Waals surface area contributed by atoms with Crippen LogP contribution in [0.3, 0.4) is 0 Å². The Morgan fingerprint density at radius 3 is 2.35 bits per heavy atom. The summed E-state index contributed by atoms with van der Waals surface area (Å²) in [5.74, 6) is 1.74. The molecule has 1 heterocycles. The molecular weight excluding hydrogens is 268 g/mol. The van der Waals surface area contributed by atoms with Gasteiger partial charge in [0.25, 0.3) is 0 Å². The first-order valence-corrected chi connectivity index (χ1v) is 8.17. The van der Waals surface area contributed by atoms with E-state index in [0.717, 1.165) is 29.8 Å². The van der Waals surface area contributed by atoms with E-state index in [1.54, 1.807) is 0 Å². The van der Waals surface area contributed by atoms with Crippen LogP contribution in [0.1, 0.15) is 44.7 Å². The minimum absolute atomic E-state index is 0.120. The summed E-state index contributed by atoms with van der Waals surface area (Å²) in [4.78, 5) is 2.56. The van der Waals surface area contributed by atoms with Crippen LogP contribution in [0, 0.1) is 11.8 Å². The Kier molecular flexibility index (Phi) is 5.88. The second kappa shape index (κ2) is 7.44. The number of likely N-dealkylation sites (tertiary alicyclic amines) is 1. The molecule has 1 saturated heterocycles. The van der Waals surface area contributed by atoms with E-state index in [1.807, 2.05) is 24.3 Å². The fourth-order valence-electron chi connectivity index (χ4n) is 3.04. The predicted molar refractivity (Wildman–Crippen MR) is 87.0 cm³/mol. The lowest BCUT2D eigenvalue weighted by Gasteiger charge is -2.34. The molecule has 0 bridgehead atoms. The molecule has 3 heteroatoms. The fraction of sp³-hybridized carbons (Fsp3) is 0.647. The summed E-state index contributed by atoms with van der Waals surface area (Å²) >= 11 is 5.91. The Balaban J connectivity index is 1.74. The number of benzene rings is 1. The number of hydrogen-bond acceptors (Lipinski definition) is 2. The van der Waals surface area contributed by atoms with Crippen molar-refractivity contribution in [3.63, 3.8) is 0 Å². The summed E-state index contributed by atoms with van der Waals surface area (Å²) < 4.78 is 0. The second-order valence-corrected chi connectivity index (χ2v) is 6.81. The van der Waals surface area contributed by atoms with E-state index in [0.29, 0.717) is 0 Å². The lowest BCUT2D eigenvalue weighted by molar-refractivity contribution is 0.154. The van der Waals surface area contributed by atoms with Gasteiger partial charge in [-0.1, -0.05) is 37.6 Å². The zero-order valence-corrected chi connectivity index (χ0v) is 13.4. The minimum atomic E-state index is 0.120. The molecule has 0 saturated carbocycles. The molecule has 0 amide bonds.